The molecule has 5 heteroatoms. The van der Waals surface area contributed by atoms with E-state index in [1.165, 1.54) is 19.3 Å². The summed E-state index contributed by atoms with van der Waals surface area (Å²) in [7, 11) is 1.72. The Kier molecular flexibility index (Phi) is 6.62. The fraction of sp³-hybridized carbons (Fsp3) is 0.833. The quantitative estimate of drug-likeness (QED) is 0.620. The fourth-order valence-corrected chi connectivity index (χ4v) is 2.09. The summed E-state index contributed by atoms with van der Waals surface area (Å²) in [5.74, 6) is -0.0281. The van der Waals surface area contributed by atoms with Gasteiger partial charge >= 0.3 is 0 Å². The number of carbonyl (C=O) groups is 2. The van der Waals surface area contributed by atoms with Gasteiger partial charge in [-0.15, -0.1) is 0 Å². The molecule has 0 aromatic rings. The van der Waals surface area contributed by atoms with Crippen LogP contribution in [-0.2, 0) is 9.59 Å². The zero-order valence-corrected chi connectivity index (χ0v) is 10.6. The van der Waals surface area contributed by atoms with Gasteiger partial charge in [0.05, 0.1) is 6.54 Å². The van der Waals surface area contributed by atoms with Crippen LogP contribution < -0.4 is 16.0 Å². The van der Waals surface area contributed by atoms with E-state index in [0.29, 0.717) is 25.6 Å². The summed E-state index contributed by atoms with van der Waals surface area (Å²) in [5.41, 5.74) is 0. The molecule has 1 rings (SSSR count). The molecule has 5 nitrogen and oxygen atoms in total. The van der Waals surface area contributed by atoms with Crippen LogP contribution in [0.1, 0.15) is 38.5 Å². The number of rotatable bonds is 6. The lowest BCUT2D eigenvalue weighted by molar-refractivity contribution is -0.122. The van der Waals surface area contributed by atoms with Gasteiger partial charge in [0.2, 0.25) is 11.8 Å². The van der Waals surface area contributed by atoms with Gasteiger partial charge in [-0.3, -0.25) is 9.59 Å². The molecule has 0 atom stereocenters. The number of amides is 2. The average molecular weight is 241 g/mol. The summed E-state index contributed by atoms with van der Waals surface area (Å²) in [6, 6.07) is 0.351. The van der Waals surface area contributed by atoms with Crippen molar-refractivity contribution >= 4 is 11.8 Å². The summed E-state index contributed by atoms with van der Waals surface area (Å²) >= 11 is 0. The van der Waals surface area contributed by atoms with E-state index in [1.807, 2.05) is 0 Å². The molecule has 2 amide bonds. The third kappa shape index (κ3) is 6.26. The lowest BCUT2D eigenvalue weighted by Gasteiger charge is -2.22. The van der Waals surface area contributed by atoms with Gasteiger partial charge in [-0.2, -0.15) is 0 Å². The van der Waals surface area contributed by atoms with Crippen LogP contribution in [0.25, 0.3) is 0 Å². The van der Waals surface area contributed by atoms with Gasteiger partial charge in [-0.05, 0) is 19.9 Å². The van der Waals surface area contributed by atoms with E-state index in [1.54, 1.807) is 7.05 Å². The molecule has 98 valence electrons. The second-order valence-electron chi connectivity index (χ2n) is 4.53. The molecule has 17 heavy (non-hydrogen) atoms. The van der Waals surface area contributed by atoms with Crippen LogP contribution in [0.3, 0.4) is 0 Å². The molecule has 0 aliphatic heterocycles. The average Bonchev–Trinajstić information content (AvgIpc) is 2.30. The van der Waals surface area contributed by atoms with E-state index in [4.69, 9.17) is 0 Å². The van der Waals surface area contributed by atoms with Gasteiger partial charge in [0.25, 0.3) is 0 Å². The molecule has 1 fully saturated rings. The molecule has 3 N–H and O–H groups in total. The Morgan fingerprint density at radius 3 is 2.47 bits per heavy atom. The monoisotopic (exact) mass is 241 g/mol. The molecule has 1 saturated carbocycles. The predicted octanol–water partition coefficient (Wildman–Crippen LogP) is 0.161. The third-order valence-electron chi connectivity index (χ3n) is 2.98. The van der Waals surface area contributed by atoms with Crippen LogP contribution in [0.15, 0.2) is 0 Å². The van der Waals surface area contributed by atoms with Crippen molar-refractivity contribution in [1.82, 2.24) is 16.0 Å². The Bertz CT molecular complexity index is 250. The maximum Gasteiger partial charge on any atom is 0.233 e. The van der Waals surface area contributed by atoms with Crippen molar-refractivity contribution in [2.45, 2.75) is 44.6 Å². The number of hydrogen-bond donors (Lipinski definition) is 3. The third-order valence-corrected chi connectivity index (χ3v) is 2.98. The Morgan fingerprint density at radius 1 is 1.12 bits per heavy atom. The minimum Gasteiger partial charge on any atom is -0.354 e. The zero-order valence-electron chi connectivity index (χ0n) is 10.6. The predicted molar refractivity (Wildman–Crippen MR) is 66.6 cm³/mol. The topological polar surface area (TPSA) is 70.2 Å². The van der Waals surface area contributed by atoms with Crippen LogP contribution in [0.2, 0.25) is 0 Å². The second kappa shape index (κ2) is 8.06. The van der Waals surface area contributed by atoms with Gasteiger partial charge in [0, 0.05) is 19.0 Å². The summed E-state index contributed by atoms with van der Waals surface area (Å²) in [5, 5.41) is 8.47. The van der Waals surface area contributed by atoms with Gasteiger partial charge in [0.1, 0.15) is 0 Å². The number of carbonyl (C=O) groups excluding carboxylic acids is 2. The first kappa shape index (κ1) is 14.0. The van der Waals surface area contributed by atoms with E-state index >= 15 is 0 Å². The van der Waals surface area contributed by atoms with Crippen LogP contribution >= 0.6 is 0 Å². The second-order valence-corrected chi connectivity index (χ2v) is 4.53. The van der Waals surface area contributed by atoms with E-state index in [2.05, 4.69) is 16.0 Å². The van der Waals surface area contributed by atoms with E-state index in [-0.39, 0.29) is 11.8 Å². The van der Waals surface area contributed by atoms with Crippen LogP contribution in [0.4, 0.5) is 0 Å². The van der Waals surface area contributed by atoms with E-state index in [0.717, 1.165) is 12.8 Å². The molecule has 0 saturated heterocycles. The molecule has 0 heterocycles. The minimum atomic E-state index is -0.0713. The molecule has 0 bridgehead atoms. The molecule has 0 radical (unpaired) electrons. The highest BCUT2D eigenvalue weighted by Gasteiger charge is 2.15. The first-order chi connectivity index (χ1) is 8.22. The maximum atomic E-state index is 11.6. The molecule has 1 aliphatic rings. The summed E-state index contributed by atoms with van der Waals surface area (Å²) in [6.45, 7) is 0.712. The molecular weight excluding hydrogens is 218 g/mol. The van der Waals surface area contributed by atoms with Crippen LogP contribution in [-0.4, -0.2) is 38.0 Å². The standard InChI is InChI=1S/C12H23N3O2/c1-13-9-12(17)14-8-7-11(16)15-10-5-3-2-4-6-10/h10,13H,2-9H2,1H3,(H,14,17)(H,15,16). The highest BCUT2D eigenvalue weighted by atomic mass is 16.2. The largest absolute Gasteiger partial charge is 0.354 e. The fourth-order valence-electron chi connectivity index (χ4n) is 2.09. The first-order valence-corrected chi connectivity index (χ1v) is 6.43. The summed E-state index contributed by atoms with van der Waals surface area (Å²) in [6.07, 6.45) is 6.27. The Morgan fingerprint density at radius 2 is 1.82 bits per heavy atom. The molecule has 0 aromatic heterocycles. The normalized spacial score (nSPS) is 16.5. The SMILES string of the molecule is CNCC(=O)NCCC(=O)NC1CCCCC1. The van der Waals surface area contributed by atoms with Crippen molar-refractivity contribution in [2.75, 3.05) is 20.1 Å². The lowest BCUT2D eigenvalue weighted by atomic mass is 9.95. The zero-order chi connectivity index (χ0) is 12.5. The molecule has 0 unspecified atom stereocenters. The van der Waals surface area contributed by atoms with Gasteiger partial charge < -0.3 is 16.0 Å². The summed E-state index contributed by atoms with van der Waals surface area (Å²) in [4.78, 5) is 22.7. The number of nitrogens with one attached hydrogen (secondary N) is 3. The smallest absolute Gasteiger partial charge is 0.233 e. The molecule has 0 spiro atoms. The van der Waals surface area contributed by atoms with Crippen molar-refractivity contribution in [3.05, 3.63) is 0 Å². The van der Waals surface area contributed by atoms with Crippen molar-refractivity contribution in [3.63, 3.8) is 0 Å². The van der Waals surface area contributed by atoms with Gasteiger partial charge in [0.15, 0.2) is 0 Å². The molecular formula is C12H23N3O2. The van der Waals surface area contributed by atoms with E-state index < -0.39 is 0 Å². The van der Waals surface area contributed by atoms with E-state index in [9.17, 15) is 9.59 Å². The Hall–Kier alpha value is -1.10. The Labute approximate surface area is 103 Å². The van der Waals surface area contributed by atoms with Crippen molar-refractivity contribution in [3.8, 4) is 0 Å². The number of likely N-dealkylation sites (N-methyl/N-ethyl adjacent to an activating group) is 1. The Balaban J connectivity index is 2.06. The first-order valence-electron chi connectivity index (χ1n) is 6.43. The van der Waals surface area contributed by atoms with Gasteiger partial charge in [-0.25, -0.2) is 0 Å². The molecule has 1 aliphatic carbocycles. The minimum absolute atomic E-state index is 0.0432. The summed E-state index contributed by atoms with van der Waals surface area (Å²) < 4.78 is 0. The maximum absolute atomic E-state index is 11.6. The van der Waals surface area contributed by atoms with Crippen molar-refractivity contribution in [1.29, 1.82) is 0 Å². The van der Waals surface area contributed by atoms with Crippen LogP contribution in [0.5, 0.6) is 0 Å². The van der Waals surface area contributed by atoms with Crippen molar-refractivity contribution in [2.24, 2.45) is 0 Å². The van der Waals surface area contributed by atoms with Gasteiger partial charge in [-0.1, -0.05) is 19.3 Å². The molecule has 0 aromatic carbocycles. The number of hydrogen-bond acceptors (Lipinski definition) is 3. The van der Waals surface area contributed by atoms with Crippen molar-refractivity contribution < 1.29 is 9.59 Å². The highest BCUT2D eigenvalue weighted by molar-refractivity contribution is 5.80. The highest BCUT2D eigenvalue weighted by Crippen LogP contribution is 2.17. The lowest BCUT2D eigenvalue weighted by Crippen LogP contribution is -2.39. The van der Waals surface area contributed by atoms with Crippen LogP contribution in [0, 0.1) is 0 Å².